The number of hydrogen-bond acceptors (Lipinski definition) is 4. The van der Waals surface area contributed by atoms with Crippen molar-refractivity contribution in [2.24, 2.45) is 0 Å². The van der Waals surface area contributed by atoms with Gasteiger partial charge in [0.15, 0.2) is 12.7 Å². The molecule has 56 heavy (non-hydrogen) atoms. The molecule has 0 saturated heterocycles. The highest BCUT2D eigenvalue weighted by molar-refractivity contribution is 7.85. The second kappa shape index (κ2) is 13.0. The van der Waals surface area contributed by atoms with Gasteiger partial charge in [-0.2, -0.15) is 0 Å². The predicted octanol–water partition coefficient (Wildman–Crippen LogP) is 13.1. The van der Waals surface area contributed by atoms with E-state index in [0.29, 0.717) is 0 Å². The molecule has 0 aliphatic heterocycles. The van der Waals surface area contributed by atoms with Gasteiger partial charge in [-0.25, -0.2) is 4.98 Å². The molecule has 5 heteroatoms. The lowest BCUT2D eigenvalue weighted by Gasteiger charge is -2.20. The zero-order valence-corrected chi connectivity index (χ0v) is 31.8. The molecule has 3 aromatic heterocycles. The molecule has 0 saturated carbocycles. The fraction of sp³-hybridized carbons (Fsp3) is 0. The van der Waals surface area contributed by atoms with E-state index in [2.05, 4.69) is 109 Å². The molecule has 3 heterocycles. The van der Waals surface area contributed by atoms with Crippen molar-refractivity contribution < 1.29 is 8.98 Å². The van der Waals surface area contributed by atoms with Crippen LogP contribution in [0.5, 0.6) is 0 Å². The van der Waals surface area contributed by atoms with Gasteiger partial charge in [0.05, 0.1) is 5.52 Å². The summed E-state index contributed by atoms with van der Waals surface area (Å²) in [5.41, 5.74) is 8.62. The van der Waals surface area contributed by atoms with Gasteiger partial charge < -0.3 is 8.98 Å². The maximum atomic E-state index is 15.1. The monoisotopic (exact) mass is 753 g/mol. The van der Waals surface area contributed by atoms with E-state index in [-0.39, 0.29) is 0 Å². The summed E-state index contributed by atoms with van der Waals surface area (Å²) in [4.78, 5) is 5.34. The summed E-state index contributed by atoms with van der Waals surface area (Å²) in [5.74, 6) is 0. The topological polar surface area (TPSA) is 43.1 Å². The molecule has 264 valence electrons. The first-order valence-corrected chi connectivity index (χ1v) is 21.2. The van der Waals surface area contributed by atoms with Crippen LogP contribution in [0.1, 0.15) is 0 Å². The number of hydrogen-bond donors (Lipinski definition) is 0. The largest absolute Gasteiger partial charge is 0.454 e. The predicted molar refractivity (Wildman–Crippen MR) is 238 cm³/mol. The lowest BCUT2D eigenvalue weighted by molar-refractivity contribution is 0.592. The zero-order valence-electron chi connectivity index (χ0n) is 30.1. The molecule has 3 nitrogen and oxygen atoms in total. The Kier molecular flexibility index (Phi) is 7.63. The molecule has 0 spiro atoms. The molecule has 0 N–H and O–H groups in total. The van der Waals surface area contributed by atoms with E-state index in [1.165, 1.54) is 25.7 Å². The van der Waals surface area contributed by atoms with Crippen molar-refractivity contribution in [1.29, 1.82) is 0 Å². The maximum absolute atomic E-state index is 15.1. The molecule has 0 atom stereocenters. The Morgan fingerprint density at radius 1 is 0.429 bits per heavy atom. The highest BCUT2D eigenvalue weighted by atomic mass is 32.1. The van der Waals surface area contributed by atoms with E-state index in [1.54, 1.807) is 0 Å². The van der Waals surface area contributed by atoms with Crippen molar-refractivity contribution in [3.63, 3.8) is 0 Å². The van der Waals surface area contributed by atoms with Crippen molar-refractivity contribution in [2.75, 3.05) is 0 Å². The van der Waals surface area contributed by atoms with E-state index in [4.69, 9.17) is 9.40 Å². The molecule has 0 aliphatic carbocycles. The molecular weight excluding hydrogens is 722 g/mol. The number of nitrogens with zero attached hydrogens (tertiary/aromatic N) is 1. The van der Waals surface area contributed by atoms with Crippen molar-refractivity contribution >= 4 is 87.4 Å². The van der Waals surface area contributed by atoms with Gasteiger partial charge in [-0.1, -0.05) is 158 Å². The number of fused-ring (bicyclic) bond motifs is 8. The third kappa shape index (κ3) is 5.26. The normalized spacial score (nSPS) is 12.0. The van der Waals surface area contributed by atoms with Crippen LogP contribution in [0.2, 0.25) is 0 Å². The van der Waals surface area contributed by atoms with E-state index < -0.39 is 7.14 Å². The molecule has 0 bridgehead atoms. The maximum Gasteiger partial charge on any atom is 0.171 e. The number of benzene rings is 8. The molecule has 0 aliphatic rings. The quantitative estimate of drug-likeness (QED) is 0.159. The standard InChI is InChI=1S/C51H32NO2PS/c53-55(38-13-3-1-4-14-38,39-15-5-2-6-16-39)40-17-11-12-35(30-40)33-22-24-34(25-23-33)50-51-49(43-19-7-9-20-46(43)54-51)42-28-26-37(32-45(42)52-50)36-27-29-48-44(31-36)41-18-8-10-21-47(41)56-48/h1-32H. The number of thiophene rings is 1. The van der Waals surface area contributed by atoms with E-state index >= 15 is 4.57 Å². The minimum absolute atomic E-state index is 0.777. The molecular formula is C51H32NO2PS. The van der Waals surface area contributed by atoms with E-state index in [9.17, 15) is 0 Å². The van der Waals surface area contributed by atoms with Gasteiger partial charge in [-0.3, -0.25) is 0 Å². The van der Waals surface area contributed by atoms with Gasteiger partial charge in [0.25, 0.3) is 0 Å². The number of furan rings is 1. The van der Waals surface area contributed by atoms with Crippen molar-refractivity contribution in [3.05, 3.63) is 194 Å². The highest BCUT2D eigenvalue weighted by Gasteiger charge is 2.30. The third-order valence-electron chi connectivity index (χ3n) is 11.0. The lowest BCUT2D eigenvalue weighted by Crippen LogP contribution is -2.25. The van der Waals surface area contributed by atoms with Crippen LogP contribution in [0, 0.1) is 0 Å². The SMILES string of the molecule is O=P(c1ccccc1)(c1ccccc1)c1cccc(-c2ccc(-c3nc4cc(-c5ccc6sc7ccccc7c6c5)ccc4c4c3oc3ccccc34)cc2)c1. The second-order valence-corrected chi connectivity index (χ2v) is 18.1. The van der Waals surface area contributed by atoms with Gasteiger partial charge in [0.2, 0.25) is 0 Å². The van der Waals surface area contributed by atoms with Crippen LogP contribution in [0.4, 0.5) is 0 Å². The Hall–Kier alpha value is -6.58. The van der Waals surface area contributed by atoms with Gasteiger partial charge in [0.1, 0.15) is 11.3 Å². The van der Waals surface area contributed by atoms with Crippen LogP contribution in [-0.2, 0) is 4.57 Å². The minimum atomic E-state index is -3.12. The Labute approximate surface area is 327 Å². The number of para-hydroxylation sites is 1. The summed E-state index contributed by atoms with van der Waals surface area (Å²) in [5, 5.41) is 8.22. The molecule has 0 amide bonds. The van der Waals surface area contributed by atoms with Crippen LogP contribution in [0.3, 0.4) is 0 Å². The minimum Gasteiger partial charge on any atom is -0.454 e. The molecule has 0 fully saturated rings. The first kappa shape index (κ1) is 32.8. The number of aromatic nitrogens is 1. The molecule has 0 unspecified atom stereocenters. The summed E-state index contributed by atoms with van der Waals surface area (Å²) < 4.78 is 24.3. The fourth-order valence-corrected chi connectivity index (χ4v) is 12.0. The van der Waals surface area contributed by atoms with E-state index in [1.807, 2.05) is 96.3 Å². The molecule has 8 aromatic carbocycles. The fourth-order valence-electron chi connectivity index (χ4n) is 8.19. The zero-order chi connectivity index (χ0) is 37.2. The number of rotatable bonds is 6. The van der Waals surface area contributed by atoms with Crippen LogP contribution in [0.15, 0.2) is 199 Å². The first-order valence-electron chi connectivity index (χ1n) is 18.7. The Balaban J connectivity index is 1.03. The van der Waals surface area contributed by atoms with Crippen LogP contribution >= 0.6 is 18.5 Å². The van der Waals surface area contributed by atoms with Gasteiger partial charge >= 0.3 is 0 Å². The van der Waals surface area contributed by atoms with Gasteiger partial charge in [0, 0.05) is 57.8 Å². The third-order valence-corrected chi connectivity index (χ3v) is 15.2. The summed E-state index contributed by atoms with van der Waals surface area (Å²) in [6.07, 6.45) is 0. The second-order valence-electron chi connectivity index (χ2n) is 14.2. The van der Waals surface area contributed by atoms with Crippen molar-refractivity contribution in [3.8, 4) is 33.5 Å². The molecule has 11 rings (SSSR count). The smallest absolute Gasteiger partial charge is 0.171 e. The Morgan fingerprint density at radius 2 is 1.02 bits per heavy atom. The number of pyridine rings is 1. The van der Waals surface area contributed by atoms with Crippen LogP contribution in [-0.4, -0.2) is 4.98 Å². The summed E-state index contributed by atoms with van der Waals surface area (Å²) in [6, 6.07) is 66.6. The van der Waals surface area contributed by atoms with Gasteiger partial charge in [-0.05, 0) is 58.7 Å². The first-order chi connectivity index (χ1) is 27.6. The van der Waals surface area contributed by atoms with Gasteiger partial charge in [-0.15, -0.1) is 11.3 Å². The molecule has 0 radical (unpaired) electrons. The summed E-state index contributed by atoms with van der Waals surface area (Å²) >= 11 is 1.83. The molecule has 11 aromatic rings. The lowest BCUT2D eigenvalue weighted by atomic mass is 9.98. The summed E-state index contributed by atoms with van der Waals surface area (Å²) in [7, 11) is -3.12. The summed E-state index contributed by atoms with van der Waals surface area (Å²) in [6.45, 7) is 0. The van der Waals surface area contributed by atoms with Crippen molar-refractivity contribution in [2.45, 2.75) is 0 Å². The van der Waals surface area contributed by atoms with Crippen LogP contribution in [0.25, 0.3) is 86.5 Å². The van der Waals surface area contributed by atoms with Crippen LogP contribution < -0.4 is 15.9 Å². The average molecular weight is 754 g/mol. The van der Waals surface area contributed by atoms with Crippen molar-refractivity contribution in [1.82, 2.24) is 4.98 Å². The van der Waals surface area contributed by atoms with E-state index in [0.717, 1.165) is 76.7 Å². The Morgan fingerprint density at radius 3 is 1.80 bits per heavy atom. The highest BCUT2D eigenvalue weighted by Crippen LogP contribution is 2.44. The Bertz CT molecular complexity index is 3290. The average Bonchev–Trinajstić information content (AvgIpc) is 3.85.